The van der Waals surface area contributed by atoms with E-state index in [2.05, 4.69) is 15.6 Å². The summed E-state index contributed by atoms with van der Waals surface area (Å²) in [4.78, 5) is 13.3. The summed E-state index contributed by atoms with van der Waals surface area (Å²) in [7, 11) is -3.48. The summed E-state index contributed by atoms with van der Waals surface area (Å²) in [5, 5.41) is 0.645. The second-order valence-corrected chi connectivity index (χ2v) is 9.95. The molecule has 2 aliphatic carbocycles. The first kappa shape index (κ1) is 20.2. The van der Waals surface area contributed by atoms with Gasteiger partial charge in [-0.05, 0) is 67.6 Å². The molecule has 8 heteroatoms. The van der Waals surface area contributed by atoms with Crippen LogP contribution < -0.4 is 15.6 Å². The number of hydrazine groups is 1. The van der Waals surface area contributed by atoms with Crippen molar-refractivity contribution in [2.24, 2.45) is 0 Å². The molecule has 2 aromatic rings. The van der Waals surface area contributed by atoms with Gasteiger partial charge in [0.2, 0.25) is 15.9 Å². The molecule has 0 unspecified atom stereocenters. The fourth-order valence-corrected chi connectivity index (χ4v) is 5.28. The zero-order valence-corrected chi connectivity index (χ0v) is 17.5. The Hall–Kier alpha value is -2.09. The molecule has 0 saturated heterocycles. The highest BCUT2D eigenvalue weighted by molar-refractivity contribution is 7.89. The average molecular weight is 434 g/mol. The Morgan fingerprint density at radius 2 is 1.59 bits per heavy atom. The minimum Gasteiger partial charge on any atom is -0.299 e. The number of benzene rings is 2. The molecular formula is C21H24ClN3O3S. The standard InChI is InChI=1S/C21H24ClN3O3S/c22-16-5-3-15(4-6-16)21(13-1-2-14-21)20(26)24-23-17-9-11-19(12-10-17)29(27,28)25-18-7-8-18/h3-6,9-12,18,23,25H,1-2,7-8,13-14H2,(H,24,26). The zero-order chi connectivity index (χ0) is 20.5. The molecule has 0 aromatic heterocycles. The SMILES string of the molecule is O=C(NNc1ccc(S(=O)(=O)NC2CC2)cc1)C1(c2ccc(Cl)cc2)CCCC1. The molecule has 2 aromatic carbocycles. The molecule has 0 bridgehead atoms. The summed E-state index contributed by atoms with van der Waals surface area (Å²) in [6.07, 6.45) is 5.34. The van der Waals surface area contributed by atoms with Gasteiger partial charge in [0.1, 0.15) is 0 Å². The smallest absolute Gasteiger partial charge is 0.248 e. The van der Waals surface area contributed by atoms with Crippen molar-refractivity contribution in [1.82, 2.24) is 10.1 Å². The quantitative estimate of drug-likeness (QED) is 0.580. The largest absolute Gasteiger partial charge is 0.299 e. The van der Waals surface area contributed by atoms with Crippen LogP contribution in [-0.4, -0.2) is 20.4 Å². The minimum absolute atomic E-state index is 0.0626. The molecule has 3 N–H and O–H groups in total. The summed E-state index contributed by atoms with van der Waals surface area (Å²) in [5.74, 6) is -0.0931. The second-order valence-electron chi connectivity index (χ2n) is 7.80. The number of halogens is 1. The van der Waals surface area contributed by atoms with Crippen molar-refractivity contribution >= 4 is 33.2 Å². The van der Waals surface area contributed by atoms with E-state index in [0.717, 1.165) is 44.1 Å². The number of rotatable bonds is 7. The highest BCUT2D eigenvalue weighted by Crippen LogP contribution is 2.41. The van der Waals surface area contributed by atoms with Crippen molar-refractivity contribution in [3.8, 4) is 0 Å². The van der Waals surface area contributed by atoms with Crippen LogP contribution in [0.1, 0.15) is 44.1 Å². The molecule has 0 spiro atoms. The highest BCUT2D eigenvalue weighted by atomic mass is 35.5. The summed E-state index contributed by atoms with van der Waals surface area (Å²) >= 11 is 6.00. The number of nitrogens with one attached hydrogen (secondary N) is 3. The van der Waals surface area contributed by atoms with Gasteiger partial charge in [-0.3, -0.25) is 15.6 Å². The number of anilines is 1. The van der Waals surface area contributed by atoms with Crippen molar-refractivity contribution < 1.29 is 13.2 Å². The number of sulfonamides is 1. The maximum atomic E-state index is 13.1. The fraction of sp³-hybridized carbons (Fsp3) is 0.381. The Morgan fingerprint density at radius 3 is 2.17 bits per heavy atom. The van der Waals surface area contributed by atoms with Gasteiger partial charge in [0.25, 0.3) is 0 Å². The highest BCUT2D eigenvalue weighted by Gasteiger charge is 2.42. The molecule has 0 radical (unpaired) electrons. The first-order valence-corrected chi connectivity index (χ1v) is 11.7. The minimum atomic E-state index is -3.48. The van der Waals surface area contributed by atoms with Gasteiger partial charge in [0.05, 0.1) is 16.0 Å². The lowest BCUT2D eigenvalue weighted by molar-refractivity contribution is -0.126. The third-order valence-corrected chi connectivity index (χ3v) is 7.46. The number of hydrogen-bond donors (Lipinski definition) is 3. The van der Waals surface area contributed by atoms with Crippen LogP contribution >= 0.6 is 11.6 Å². The van der Waals surface area contributed by atoms with E-state index in [1.54, 1.807) is 12.1 Å². The normalized spacial score (nSPS) is 18.4. The number of amides is 1. The lowest BCUT2D eigenvalue weighted by Crippen LogP contribution is -2.45. The monoisotopic (exact) mass is 433 g/mol. The predicted octanol–water partition coefficient (Wildman–Crippen LogP) is 3.74. The van der Waals surface area contributed by atoms with Crippen LogP contribution in [-0.2, 0) is 20.2 Å². The molecule has 29 heavy (non-hydrogen) atoms. The molecular weight excluding hydrogens is 410 g/mol. The topological polar surface area (TPSA) is 87.3 Å². The Bertz CT molecular complexity index is 981. The average Bonchev–Trinajstić information content (AvgIpc) is 3.37. The number of hydrogen-bond acceptors (Lipinski definition) is 4. The fourth-order valence-electron chi connectivity index (χ4n) is 3.85. The van der Waals surface area contributed by atoms with Crippen molar-refractivity contribution in [2.45, 2.75) is 54.9 Å². The van der Waals surface area contributed by atoms with Gasteiger partial charge in [-0.25, -0.2) is 13.1 Å². The third-order valence-electron chi connectivity index (χ3n) is 5.67. The van der Waals surface area contributed by atoms with Crippen LogP contribution in [0.15, 0.2) is 53.4 Å². The maximum Gasteiger partial charge on any atom is 0.248 e. The zero-order valence-electron chi connectivity index (χ0n) is 15.9. The van der Waals surface area contributed by atoms with E-state index in [4.69, 9.17) is 11.6 Å². The molecule has 2 aliphatic rings. The van der Waals surface area contributed by atoms with Gasteiger partial charge in [-0.15, -0.1) is 0 Å². The lowest BCUT2D eigenvalue weighted by atomic mass is 9.78. The molecule has 6 nitrogen and oxygen atoms in total. The van der Waals surface area contributed by atoms with E-state index in [0.29, 0.717) is 10.7 Å². The summed E-state index contributed by atoms with van der Waals surface area (Å²) in [5.41, 5.74) is 6.73. The molecule has 154 valence electrons. The first-order valence-electron chi connectivity index (χ1n) is 9.84. The van der Waals surface area contributed by atoms with E-state index in [1.165, 1.54) is 12.1 Å². The Kier molecular flexibility index (Phi) is 5.55. The number of carbonyl (C=O) groups excluding carboxylic acids is 1. The van der Waals surface area contributed by atoms with Crippen LogP contribution in [0, 0.1) is 0 Å². The molecule has 4 rings (SSSR count). The van der Waals surface area contributed by atoms with Gasteiger partial charge in [-0.2, -0.15) is 0 Å². The van der Waals surface area contributed by atoms with Crippen LogP contribution in [0.25, 0.3) is 0 Å². The van der Waals surface area contributed by atoms with Gasteiger partial charge in [0.15, 0.2) is 0 Å². The van der Waals surface area contributed by atoms with Crippen molar-refractivity contribution in [3.05, 3.63) is 59.1 Å². The van der Waals surface area contributed by atoms with Crippen LogP contribution in [0.4, 0.5) is 5.69 Å². The number of carbonyl (C=O) groups is 1. The van der Waals surface area contributed by atoms with Crippen molar-refractivity contribution in [3.63, 3.8) is 0 Å². The van der Waals surface area contributed by atoms with Crippen LogP contribution in [0.5, 0.6) is 0 Å². The predicted molar refractivity (Wildman–Crippen MR) is 113 cm³/mol. The molecule has 2 saturated carbocycles. The van der Waals surface area contributed by atoms with E-state index < -0.39 is 15.4 Å². The second kappa shape index (κ2) is 7.97. The third kappa shape index (κ3) is 4.42. The molecule has 0 aliphatic heterocycles. The van der Waals surface area contributed by atoms with Crippen molar-refractivity contribution in [2.75, 3.05) is 5.43 Å². The van der Waals surface area contributed by atoms with Crippen LogP contribution in [0.3, 0.4) is 0 Å². The molecule has 1 amide bonds. The molecule has 2 fully saturated rings. The van der Waals surface area contributed by atoms with Gasteiger partial charge in [0, 0.05) is 11.1 Å². The van der Waals surface area contributed by atoms with Crippen LogP contribution in [0.2, 0.25) is 5.02 Å². The van der Waals surface area contributed by atoms with E-state index >= 15 is 0 Å². The maximum absolute atomic E-state index is 13.1. The Labute approximate surface area is 176 Å². The van der Waals surface area contributed by atoms with Gasteiger partial charge in [-0.1, -0.05) is 36.6 Å². The van der Waals surface area contributed by atoms with E-state index in [9.17, 15) is 13.2 Å². The van der Waals surface area contributed by atoms with E-state index in [1.807, 2.05) is 24.3 Å². The van der Waals surface area contributed by atoms with E-state index in [-0.39, 0.29) is 16.8 Å². The van der Waals surface area contributed by atoms with Gasteiger partial charge >= 0.3 is 0 Å². The summed E-state index contributed by atoms with van der Waals surface area (Å²) < 4.78 is 27.1. The molecule has 0 atom stereocenters. The molecule has 0 heterocycles. The Morgan fingerprint density at radius 1 is 0.966 bits per heavy atom. The van der Waals surface area contributed by atoms with Crippen molar-refractivity contribution in [1.29, 1.82) is 0 Å². The lowest BCUT2D eigenvalue weighted by Gasteiger charge is -2.28. The first-order chi connectivity index (χ1) is 13.9. The van der Waals surface area contributed by atoms with Gasteiger partial charge < -0.3 is 0 Å². The Balaban J connectivity index is 1.43. The summed E-state index contributed by atoms with van der Waals surface area (Å²) in [6, 6.07) is 13.9. The summed E-state index contributed by atoms with van der Waals surface area (Å²) in [6.45, 7) is 0.